The van der Waals surface area contributed by atoms with E-state index in [1.807, 2.05) is 19.2 Å². The summed E-state index contributed by atoms with van der Waals surface area (Å²) < 4.78 is 38.1. The number of aromatic nitrogens is 1. The van der Waals surface area contributed by atoms with E-state index in [1.54, 1.807) is 6.07 Å². The van der Waals surface area contributed by atoms with Crippen molar-refractivity contribution in [2.45, 2.75) is 43.7 Å². The van der Waals surface area contributed by atoms with Crippen molar-refractivity contribution >= 4 is 27.3 Å². The van der Waals surface area contributed by atoms with Crippen molar-refractivity contribution in [1.82, 2.24) is 14.6 Å². The summed E-state index contributed by atoms with van der Waals surface area (Å²) in [7, 11) is -0.933. The van der Waals surface area contributed by atoms with Crippen LogP contribution < -0.4 is 14.8 Å². The molecule has 0 radical (unpaired) electrons. The first kappa shape index (κ1) is 21.5. The first-order chi connectivity index (χ1) is 13.8. The zero-order valence-corrected chi connectivity index (χ0v) is 18.5. The van der Waals surface area contributed by atoms with Crippen molar-refractivity contribution in [2.75, 3.05) is 20.8 Å². The highest BCUT2D eigenvalue weighted by Gasteiger charge is 2.40. The molecule has 1 fully saturated rings. The second-order valence-corrected chi connectivity index (χ2v) is 9.77. The smallest absolute Gasteiger partial charge is 0.243 e. The summed E-state index contributed by atoms with van der Waals surface area (Å²) in [6.07, 6.45) is 1.09. The van der Waals surface area contributed by atoms with Gasteiger partial charge in [-0.15, -0.1) is 11.3 Å². The Labute approximate surface area is 174 Å². The molecule has 2 atom stereocenters. The minimum Gasteiger partial charge on any atom is -0.493 e. The first-order valence-electron chi connectivity index (χ1n) is 9.24. The number of benzene rings is 1. The number of hydrogen-bond acceptors (Lipinski definition) is 7. The maximum absolute atomic E-state index is 13.2. The van der Waals surface area contributed by atoms with E-state index in [2.05, 4.69) is 10.3 Å². The van der Waals surface area contributed by atoms with Gasteiger partial charge in [0.2, 0.25) is 15.9 Å². The Morgan fingerprint density at radius 2 is 2.03 bits per heavy atom. The SMILES string of the molecule is COc1ccc(S(=O)(=O)N2CCCC2C(=O)NC(C)c2csc(C)n2)cc1OC. The topological polar surface area (TPSA) is 97.8 Å². The van der Waals surface area contributed by atoms with E-state index in [-0.39, 0.29) is 16.8 Å². The van der Waals surface area contributed by atoms with Gasteiger partial charge in [0, 0.05) is 18.0 Å². The Morgan fingerprint density at radius 1 is 1.31 bits per heavy atom. The third-order valence-corrected chi connectivity index (χ3v) is 7.60. The molecule has 1 saturated heterocycles. The van der Waals surface area contributed by atoms with Crippen LogP contribution in [-0.2, 0) is 14.8 Å². The standard InChI is InChI=1S/C19H25N3O5S2/c1-12(15-11-28-13(2)21-15)20-19(23)16-6-5-9-22(16)29(24,25)14-7-8-17(26-3)18(10-14)27-4/h7-8,10-12,16H,5-6,9H2,1-4H3,(H,20,23). The summed E-state index contributed by atoms with van der Waals surface area (Å²) >= 11 is 1.51. The van der Waals surface area contributed by atoms with Crippen LogP contribution in [0.5, 0.6) is 11.5 Å². The highest BCUT2D eigenvalue weighted by Crippen LogP contribution is 2.33. The van der Waals surface area contributed by atoms with Crippen LogP contribution in [0.3, 0.4) is 0 Å². The maximum Gasteiger partial charge on any atom is 0.243 e. The van der Waals surface area contributed by atoms with Gasteiger partial charge in [-0.3, -0.25) is 4.79 Å². The Kier molecular flexibility index (Phi) is 6.45. The van der Waals surface area contributed by atoms with Gasteiger partial charge < -0.3 is 14.8 Å². The lowest BCUT2D eigenvalue weighted by Gasteiger charge is -2.25. The average molecular weight is 440 g/mol. The van der Waals surface area contributed by atoms with Crippen molar-refractivity contribution < 1.29 is 22.7 Å². The van der Waals surface area contributed by atoms with Crippen LogP contribution in [0.25, 0.3) is 0 Å². The molecule has 0 aliphatic carbocycles. The molecule has 2 aromatic rings. The van der Waals surface area contributed by atoms with E-state index in [1.165, 1.54) is 42.0 Å². The zero-order chi connectivity index (χ0) is 21.2. The third kappa shape index (κ3) is 4.39. The average Bonchev–Trinajstić information content (AvgIpc) is 3.36. The molecule has 2 unspecified atom stereocenters. The van der Waals surface area contributed by atoms with E-state index in [0.717, 1.165) is 10.7 Å². The number of methoxy groups -OCH3 is 2. The minimum atomic E-state index is -3.86. The quantitative estimate of drug-likeness (QED) is 0.712. The Bertz CT molecular complexity index is 989. The van der Waals surface area contributed by atoms with Gasteiger partial charge in [0.15, 0.2) is 11.5 Å². The van der Waals surface area contributed by atoms with Crippen LogP contribution in [0.15, 0.2) is 28.5 Å². The number of nitrogens with zero attached hydrogens (tertiary/aromatic N) is 2. The number of carbonyl (C=O) groups excluding carboxylic acids is 1. The van der Waals surface area contributed by atoms with Crippen molar-refractivity contribution in [3.05, 3.63) is 34.3 Å². The number of hydrogen-bond donors (Lipinski definition) is 1. The second kappa shape index (κ2) is 8.68. The normalized spacial score (nSPS) is 18.4. The fourth-order valence-corrected chi connectivity index (χ4v) is 5.74. The molecule has 0 bridgehead atoms. The fourth-order valence-electron chi connectivity index (χ4n) is 3.36. The Hall–Kier alpha value is -2.17. The number of amides is 1. The summed E-state index contributed by atoms with van der Waals surface area (Å²) in [5, 5.41) is 5.71. The molecule has 0 saturated carbocycles. The number of nitrogens with one attached hydrogen (secondary N) is 1. The molecule has 1 aliphatic rings. The molecule has 29 heavy (non-hydrogen) atoms. The van der Waals surface area contributed by atoms with E-state index in [4.69, 9.17) is 9.47 Å². The van der Waals surface area contributed by atoms with Crippen molar-refractivity contribution in [3.8, 4) is 11.5 Å². The Balaban J connectivity index is 1.81. The lowest BCUT2D eigenvalue weighted by Crippen LogP contribution is -2.46. The molecule has 2 heterocycles. The van der Waals surface area contributed by atoms with Gasteiger partial charge in [-0.25, -0.2) is 13.4 Å². The highest BCUT2D eigenvalue weighted by molar-refractivity contribution is 7.89. The number of carbonyl (C=O) groups is 1. The molecule has 10 heteroatoms. The molecule has 1 aromatic heterocycles. The van der Waals surface area contributed by atoms with E-state index >= 15 is 0 Å². The van der Waals surface area contributed by atoms with Gasteiger partial charge >= 0.3 is 0 Å². The summed E-state index contributed by atoms with van der Waals surface area (Å²) in [5.74, 6) is 0.445. The van der Waals surface area contributed by atoms with Crippen molar-refractivity contribution in [3.63, 3.8) is 0 Å². The summed E-state index contributed by atoms with van der Waals surface area (Å²) in [5.41, 5.74) is 0.771. The van der Waals surface area contributed by atoms with Crippen molar-refractivity contribution in [2.24, 2.45) is 0 Å². The van der Waals surface area contributed by atoms with Gasteiger partial charge in [0.1, 0.15) is 6.04 Å². The Morgan fingerprint density at radius 3 is 2.66 bits per heavy atom. The third-order valence-electron chi connectivity index (χ3n) is 4.91. The second-order valence-electron chi connectivity index (χ2n) is 6.81. The van der Waals surface area contributed by atoms with Crippen LogP contribution in [-0.4, -0.2) is 50.4 Å². The van der Waals surface area contributed by atoms with E-state index in [9.17, 15) is 13.2 Å². The molecule has 1 amide bonds. The molecular weight excluding hydrogens is 414 g/mol. The van der Waals surface area contributed by atoms with Crippen molar-refractivity contribution in [1.29, 1.82) is 0 Å². The van der Waals surface area contributed by atoms with E-state index < -0.39 is 16.1 Å². The van der Waals surface area contributed by atoms with Gasteiger partial charge in [0.05, 0.1) is 35.9 Å². The number of ether oxygens (including phenoxy) is 2. The molecular formula is C19H25N3O5S2. The fraction of sp³-hybridized carbons (Fsp3) is 0.474. The van der Waals surface area contributed by atoms with Gasteiger partial charge in [-0.05, 0) is 38.8 Å². The summed E-state index contributed by atoms with van der Waals surface area (Å²) in [6.45, 7) is 4.03. The van der Waals surface area contributed by atoms with Crippen LogP contribution in [0.1, 0.15) is 36.5 Å². The molecule has 0 spiro atoms. The van der Waals surface area contributed by atoms with Gasteiger partial charge in [0.25, 0.3) is 0 Å². The predicted molar refractivity (Wildman–Crippen MR) is 110 cm³/mol. The number of aryl methyl sites for hydroxylation is 1. The number of thiazole rings is 1. The van der Waals surface area contributed by atoms with Crippen LogP contribution in [0.2, 0.25) is 0 Å². The molecule has 1 aromatic carbocycles. The monoisotopic (exact) mass is 439 g/mol. The van der Waals surface area contributed by atoms with Gasteiger partial charge in [-0.2, -0.15) is 4.31 Å². The largest absolute Gasteiger partial charge is 0.493 e. The molecule has 1 N–H and O–H groups in total. The number of rotatable bonds is 7. The summed E-state index contributed by atoms with van der Waals surface area (Å²) in [4.78, 5) is 17.3. The minimum absolute atomic E-state index is 0.0676. The zero-order valence-electron chi connectivity index (χ0n) is 16.8. The lowest BCUT2D eigenvalue weighted by molar-refractivity contribution is -0.124. The first-order valence-corrected chi connectivity index (χ1v) is 11.6. The maximum atomic E-state index is 13.2. The summed E-state index contributed by atoms with van der Waals surface area (Å²) in [6, 6.07) is 3.38. The van der Waals surface area contributed by atoms with Crippen LogP contribution >= 0.6 is 11.3 Å². The van der Waals surface area contributed by atoms with Crippen LogP contribution in [0, 0.1) is 6.92 Å². The van der Waals surface area contributed by atoms with Gasteiger partial charge in [-0.1, -0.05) is 0 Å². The molecule has 3 rings (SSSR count). The molecule has 8 nitrogen and oxygen atoms in total. The predicted octanol–water partition coefficient (Wildman–Crippen LogP) is 2.50. The van der Waals surface area contributed by atoms with E-state index in [0.29, 0.717) is 30.9 Å². The highest BCUT2D eigenvalue weighted by atomic mass is 32.2. The molecule has 1 aliphatic heterocycles. The molecule has 158 valence electrons. The van der Waals surface area contributed by atoms with Crippen LogP contribution in [0.4, 0.5) is 0 Å². The number of sulfonamides is 1. The lowest BCUT2D eigenvalue weighted by atomic mass is 10.2.